The standard InChI is InChI=1S/C13H21NO2S/c1-5-6-11(10-7-8-17-9-10)14-12(15)16-13(2,3)4/h7-9,11H,5-6H2,1-4H3,(H,14,15). The first-order valence-electron chi connectivity index (χ1n) is 5.94. The van der Waals surface area contributed by atoms with E-state index in [0.717, 1.165) is 18.4 Å². The van der Waals surface area contributed by atoms with E-state index in [0.29, 0.717) is 0 Å². The number of thiophene rings is 1. The van der Waals surface area contributed by atoms with Crippen LogP contribution >= 0.6 is 11.3 Å². The lowest BCUT2D eigenvalue weighted by Gasteiger charge is -2.23. The van der Waals surface area contributed by atoms with Crippen molar-refractivity contribution in [1.82, 2.24) is 5.32 Å². The highest BCUT2D eigenvalue weighted by molar-refractivity contribution is 7.07. The van der Waals surface area contributed by atoms with E-state index in [2.05, 4.69) is 17.6 Å². The zero-order chi connectivity index (χ0) is 12.9. The van der Waals surface area contributed by atoms with Gasteiger partial charge >= 0.3 is 6.09 Å². The molecule has 0 aliphatic carbocycles. The first-order valence-corrected chi connectivity index (χ1v) is 6.88. The molecule has 0 radical (unpaired) electrons. The van der Waals surface area contributed by atoms with Crippen LogP contribution in [0.5, 0.6) is 0 Å². The summed E-state index contributed by atoms with van der Waals surface area (Å²) in [5, 5.41) is 7.01. The Morgan fingerprint density at radius 2 is 2.24 bits per heavy atom. The summed E-state index contributed by atoms with van der Waals surface area (Å²) in [4.78, 5) is 11.7. The summed E-state index contributed by atoms with van der Waals surface area (Å²) < 4.78 is 5.27. The van der Waals surface area contributed by atoms with Gasteiger partial charge in [0.1, 0.15) is 5.60 Å². The molecule has 0 aliphatic heterocycles. The van der Waals surface area contributed by atoms with E-state index in [1.54, 1.807) is 11.3 Å². The van der Waals surface area contributed by atoms with Crippen molar-refractivity contribution < 1.29 is 9.53 Å². The highest BCUT2D eigenvalue weighted by atomic mass is 32.1. The van der Waals surface area contributed by atoms with Crippen LogP contribution in [0.25, 0.3) is 0 Å². The molecule has 0 saturated carbocycles. The average Bonchev–Trinajstić information content (AvgIpc) is 2.66. The third-order valence-electron chi connectivity index (χ3n) is 2.21. The molecule has 1 amide bonds. The summed E-state index contributed by atoms with van der Waals surface area (Å²) in [6.07, 6.45) is 1.61. The number of carbonyl (C=O) groups excluding carboxylic acids is 1. The van der Waals surface area contributed by atoms with Crippen molar-refractivity contribution in [3.8, 4) is 0 Å². The van der Waals surface area contributed by atoms with Crippen LogP contribution in [0.4, 0.5) is 4.79 Å². The molecule has 96 valence electrons. The van der Waals surface area contributed by atoms with Gasteiger partial charge in [-0.3, -0.25) is 0 Å². The minimum absolute atomic E-state index is 0.0566. The first kappa shape index (κ1) is 14.0. The lowest BCUT2D eigenvalue weighted by Crippen LogP contribution is -2.34. The van der Waals surface area contributed by atoms with Gasteiger partial charge in [-0.1, -0.05) is 13.3 Å². The number of hydrogen-bond acceptors (Lipinski definition) is 3. The molecule has 0 aromatic carbocycles. The molecule has 1 N–H and O–H groups in total. The summed E-state index contributed by atoms with van der Waals surface area (Å²) in [6.45, 7) is 7.71. The third-order valence-corrected chi connectivity index (χ3v) is 2.92. The Hall–Kier alpha value is -1.03. The van der Waals surface area contributed by atoms with E-state index in [4.69, 9.17) is 4.74 Å². The molecular weight excluding hydrogens is 234 g/mol. The van der Waals surface area contributed by atoms with Crippen molar-refractivity contribution in [1.29, 1.82) is 0 Å². The van der Waals surface area contributed by atoms with Crippen LogP contribution in [0.15, 0.2) is 16.8 Å². The molecule has 1 unspecified atom stereocenters. The SMILES string of the molecule is CCCC(NC(=O)OC(C)(C)C)c1ccsc1. The molecule has 3 nitrogen and oxygen atoms in total. The number of alkyl carbamates (subject to hydrolysis) is 1. The summed E-state index contributed by atoms with van der Waals surface area (Å²) >= 11 is 1.64. The zero-order valence-corrected chi connectivity index (χ0v) is 11.8. The summed E-state index contributed by atoms with van der Waals surface area (Å²) in [6, 6.07) is 2.10. The molecule has 0 bridgehead atoms. The maximum Gasteiger partial charge on any atom is 0.408 e. The van der Waals surface area contributed by atoms with Crippen molar-refractivity contribution >= 4 is 17.4 Å². The predicted molar refractivity (Wildman–Crippen MR) is 71.3 cm³/mol. The van der Waals surface area contributed by atoms with Crippen LogP contribution < -0.4 is 5.32 Å². The number of ether oxygens (including phenoxy) is 1. The van der Waals surface area contributed by atoms with E-state index >= 15 is 0 Å². The second kappa shape index (κ2) is 6.05. The smallest absolute Gasteiger partial charge is 0.408 e. The van der Waals surface area contributed by atoms with Crippen LogP contribution in [-0.4, -0.2) is 11.7 Å². The van der Waals surface area contributed by atoms with Crippen LogP contribution in [-0.2, 0) is 4.74 Å². The van der Waals surface area contributed by atoms with Crippen molar-refractivity contribution in [3.63, 3.8) is 0 Å². The van der Waals surface area contributed by atoms with Gasteiger partial charge in [-0.2, -0.15) is 11.3 Å². The van der Waals surface area contributed by atoms with Gasteiger partial charge in [-0.25, -0.2) is 4.79 Å². The van der Waals surface area contributed by atoms with Gasteiger partial charge in [0, 0.05) is 0 Å². The Morgan fingerprint density at radius 1 is 1.53 bits per heavy atom. The minimum atomic E-state index is -0.449. The average molecular weight is 255 g/mol. The number of rotatable bonds is 4. The largest absolute Gasteiger partial charge is 0.444 e. The van der Waals surface area contributed by atoms with E-state index < -0.39 is 5.60 Å². The highest BCUT2D eigenvalue weighted by Crippen LogP contribution is 2.21. The van der Waals surface area contributed by atoms with Gasteiger partial charge in [0.2, 0.25) is 0 Å². The number of carbonyl (C=O) groups is 1. The van der Waals surface area contributed by atoms with Crippen LogP contribution in [0.1, 0.15) is 52.1 Å². The van der Waals surface area contributed by atoms with Gasteiger partial charge in [-0.15, -0.1) is 0 Å². The molecule has 1 atom stereocenters. The molecule has 1 aromatic heterocycles. The molecule has 17 heavy (non-hydrogen) atoms. The fraction of sp³-hybridized carbons (Fsp3) is 0.615. The molecule has 0 aliphatic rings. The Morgan fingerprint density at radius 3 is 2.71 bits per heavy atom. The molecule has 0 fully saturated rings. The van der Waals surface area contributed by atoms with E-state index in [1.807, 2.05) is 32.2 Å². The lowest BCUT2D eigenvalue weighted by molar-refractivity contribution is 0.0501. The van der Waals surface area contributed by atoms with Crippen molar-refractivity contribution in [3.05, 3.63) is 22.4 Å². The zero-order valence-electron chi connectivity index (χ0n) is 10.9. The highest BCUT2D eigenvalue weighted by Gasteiger charge is 2.20. The Kier molecular flexibility index (Phi) is 5.00. The second-order valence-corrected chi connectivity index (χ2v) is 5.82. The summed E-state index contributed by atoms with van der Waals surface area (Å²) in [5.74, 6) is 0. The van der Waals surface area contributed by atoms with Crippen LogP contribution in [0, 0.1) is 0 Å². The number of amides is 1. The molecule has 0 spiro atoms. The molecule has 1 rings (SSSR count). The minimum Gasteiger partial charge on any atom is -0.444 e. The monoisotopic (exact) mass is 255 g/mol. The normalized spacial score (nSPS) is 13.2. The summed E-state index contributed by atoms with van der Waals surface area (Å²) in [5.41, 5.74) is 0.706. The summed E-state index contributed by atoms with van der Waals surface area (Å²) in [7, 11) is 0. The van der Waals surface area contributed by atoms with Gasteiger partial charge in [0.15, 0.2) is 0 Å². The predicted octanol–water partition coefficient (Wildman–Crippen LogP) is 4.11. The van der Waals surface area contributed by atoms with Gasteiger partial charge in [0.05, 0.1) is 6.04 Å². The Bertz CT molecular complexity index is 341. The Labute approximate surface area is 107 Å². The van der Waals surface area contributed by atoms with Gasteiger partial charge in [-0.05, 0) is 49.6 Å². The second-order valence-electron chi connectivity index (χ2n) is 5.04. The number of nitrogens with one attached hydrogen (secondary N) is 1. The van der Waals surface area contributed by atoms with Gasteiger partial charge in [0.25, 0.3) is 0 Å². The van der Waals surface area contributed by atoms with Crippen molar-refractivity contribution in [2.24, 2.45) is 0 Å². The maximum absolute atomic E-state index is 11.7. The molecular formula is C13H21NO2S. The fourth-order valence-electron chi connectivity index (χ4n) is 1.53. The molecule has 0 saturated heterocycles. The topological polar surface area (TPSA) is 38.3 Å². The maximum atomic E-state index is 11.7. The van der Waals surface area contributed by atoms with Crippen LogP contribution in [0.2, 0.25) is 0 Å². The van der Waals surface area contributed by atoms with E-state index in [-0.39, 0.29) is 12.1 Å². The molecule has 1 aromatic rings. The van der Waals surface area contributed by atoms with Crippen molar-refractivity contribution in [2.75, 3.05) is 0 Å². The van der Waals surface area contributed by atoms with Gasteiger partial charge < -0.3 is 10.1 Å². The van der Waals surface area contributed by atoms with E-state index in [9.17, 15) is 4.79 Å². The number of hydrogen-bond donors (Lipinski definition) is 1. The fourth-order valence-corrected chi connectivity index (χ4v) is 2.25. The molecule has 4 heteroatoms. The third kappa shape index (κ3) is 5.22. The first-order chi connectivity index (χ1) is 7.92. The molecule has 1 heterocycles. The quantitative estimate of drug-likeness (QED) is 0.879. The Balaban J connectivity index is 2.59. The lowest BCUT2D eigenvalue weighted by atomic mass is 10.1. The van der Waals surface area contributed by atoms with Crippen LogP contribution in [0.3, 0.4) is 0 Å². The van der Waals surface area contributed by atoms with Crippen molar-refractivity contribution in [2.45, 2.75) is 52.2 Å². The van der Waals surface area contributed by atoms with E-state index in [1.165, 1.54) is 0 Å².